The first kappa shape index (κ1) is 18.0. The zero-order valence-corrected chi connectivity index (χ0v) is 14.6. The van der Waals surface area contributed by atoms with Gasteiger partial charge in [-0.15, -0.1) is 0 Å². The van der Waals surface area contributed by atoms with Crippen LogP contribution >= 0.6 is 0 Å². The molecule has 2 fully saturated rings. The minimum atomic E-state index is -0.701. The predicted octanol–water partition coefficient (Wildman–Crippen LogP) is 4.78. The van der Waals surface area contributed by atoms with E-state index in [1.807, 2.05) is 0 Å². The van der Waals surface area contributed by atoms with Gasteiger partial charge in [-0.05, 0) is 74.7 Å². The molecule has 23 heavy (non-hydrogen) atoms. The molecule has 3 nitrogen and oxygen atoms in total. The predicted molar refractivity (Wildman–Crippen MR) is 92.1 cm³/mol. The number of aliphatic carboxylic acids is 1. The van der Waals surface area contributed by atoms with Crippen molar-refractivity contribution in [1.82, 2.24) is 0 Å². The molecule has 0 radical (unpaired) electrons. The molecular formula is C20H30O3. The monoisotopic (exact) mass is 318 g/mol. The summed E-state index contributed by atoms with van der Waals surface area (Å²) in [6.45, 7) is 12.4. The van der Waals surface area contributed by atoms with Gasteiger partial charge < -0.3 is 5.11 Å². The Morgan fingerprint density at radius 1 is 1.26 bits per heavy atom. The zero-order chi connectivity index (χ0) is 17.2. The topological polar surface area (TPSA) is 54.4 Å². The maximum atomic E-state index is 12.5. The van der Waals surface area contributed by atoms with Crippen molar-refractivity contribution in [2.24, 2.45) is 23.2 Å². The summed E-state index contributed by atoms with van der Waals surface area (Å²) >= 11 is 0. The van der Waals surface area contributed by atoms with Gasteiger partial charge in [0.25, 0.3) is 0 Å². The van der Waals surface area contributed by atoms with Crippen molar-refractivity contribution >= 4 is 11.8 Å². The van der Waals surface area contributed by atoms with Gasteiger partial charge in [0.2, 0.25) is 0 Å². The standard InChI is InChI=1S/C20H30O3/c1-13(2)16-10-11-20(4)12-18(21)14(3)6-5-7-15(19(22)23)8-9-17(16)20/h15-17H,1,3,5-12H2,2,4H3,(H,22,23). The van der Waals surface area contributed by atoms with Gasteiger partial charge in [0, 0.05) is 6.42 Å². The average molecular weight is 318 g/mol. The number of carbonyl (C=O) groups is 2. The van der Waals surface area contributed by atoms with Crippen LogP contribution in [-0.2, 0) is 9.59 Å². The summed E-state index contributed by atoms with van der Waals surface area (Å²) in [6, 6.07) is 0. The van der Waals surface area contributed by atoms with E-state index >= 15 is 0 Å². The van der Waals surface area contributed by atoms with Crippen molar-refractivity contribution in [3.8, 4) is 0 Å². The molecule has 2 aliphatic carbocycles. The van der Waals surface area contributed by atoms with Gasteiger partial charge in [0.05, 0.1) is 5.92 Å². The lowest BCUT2D eigenvalue weighted by atomic mass is 9.69. The van der Waals surface area contributed by atoms with Crippen molar-refractivity contribution in [2.75, 3.05) is 0 Å². The fourth-order valence-electron chi connectivity index (χ4n) is 4.68. The molecule has 0 heterocycles. The van der Waals surface area contributed by atoms with Crippen molar-refractivity contribution < 1.29 is 14.7 Å². The summed E-state index contributed by atoms with van der Waals surface area (Å²) in [5, 5.41) is 9.48. The lowest BCUT2D eigenvalue weighted by Gasteiger charge is -2.35. The molecule has 2 aliphatic rings. The first-order valence-corrected chi connectivity index (χ1v) is 8.84. The maximum Gasteiger partial charge on any atom is 0.306 e. The Kier molecular flexibility index (Phi) is 5.49. The highest BCUT2D eigenvalue weighted by Gasteiger charge is 2.46. The van der Waals surface area contributed by atoms with Crippen molar-refractivity contribution in [3.05, 3.63) is 24.3 Å². The molecule has 0 aromatic rings. The molecule has 0 aliphatic heterocycles. The van der Waals surface area contributed by atoms with E-state index in [0.717, 1.165) is 25.7 Å². The Morgan fingerprint density at radius 2 is 1.96 bits per heavy atom. The van der Waals surface area contributed by atoms with Gasteiger partial charge in [-0.3, -0.25) is 9.59 Å². The van der Waals surface area contributed by atoms with Crippen LogP contribution < -0.4 is 0 Å². The molecule has 3 heteroatoms. The minimum absolute atomic E-state index is 0.0446. The molecule has 1 N–H and O–H groups in total. The van der Waals surface area contributed by atoms with Crippen molar-refractivity contribution in [1.29, 1.82) is 0 Å². The SMILES string of the molecule is C=C1CCCC(C(=O)O)CCC2C(C(=C)C)CCC2(C)CC1=O. The molecule has 4 atom stereocenters. The molecule has 0 bridgehead atoms. The Hall–Kier alpha value is -1.38. The van der Waals surface area contributed by atoms with Gasteiger partial charge >= 0.3 is 5.97 Å². The van der Waals surface area contributed by atoms with E-state index in [-0.39, 0.29) is 17.1 Å². The van der Waals surface area contributed by atoms with Gasteiger partial charge in [0.1, 0.15) is 0 Å². The van der Waals surface area contributed by atoms with Gasteiger partial charge in [0.15, 0.2) is 5.78 Å². The van der Waals surface area contributed by atoms with Crippen LogP contribution in [0.4, 0.5) is 0 Å². The maximum absolute atomic E-state index is 12.5. The Labute approximate surface area is 139 Å². The number of ketones is 1. The smallest absolute Gasteiger partial charge is 0.306 e. The Bertz CT molecular complexity index is 519. The average Bonchev–Trinajstić information content (AvgIpc) is 2.77. The number of fused-ring (bicyclic) bond motifs is 1. The summed E-state index contributed by atoms with van der Waals surface area (Å²) in [6.07, 6.45) is 6.24. The number of carbonyl (C=O) groups excluding carboxylic acids is 1. The van der Waals surface area contributed by atoms with Crippen LogP contribution in [0.25, 0.3) is 0 Å². The van der Waals surface area contributed by atoms with Crippen LogP contribution in [0, 0.1) is 23.2 Å². The second kappa shape index (κ2) is 7.02. The van der Waals surface area contributed by atoms with E-state index in [1.54, 1.807) is 0 Å². The third-order valence-electron chi connectivity index (χ3n) is 6.21. The fourth-order valence-corrected chi connectivity index (χ4v) is 4.68. The van der Waals surface area contributed by atoms with E-state index in [2.05, 4.69) is 27.0 Å². The second-order valence-electron chi connectivity index (χ2n) is 7.96. The van der Waals surface area contributed by atoms with Crippen LogP contribution in [0.3, 0.4) is 0 Å². The quantitative estimate of drug-likeness (QED) is 0.589. The lowest BCUT2D eigenvalue weighted by molar-refractivity contribution is -0.142. The molecule has 0 spiro atoms. The number of hydrogen-bond acceptors (Lipinski definition) is 2. The third kappa shape index (κ3) is 3.94. The van der Waals surface area contributed by atoms with Crippen LogP contribution in [0.2, 0.25) is 0 Å². The van der Waals surface area contributed by atoms with E-state index in [1.165, 1.54) is 5.57 Å². The van der Waals surface area contributed by atoms with Crippen molar-refractivity contribution in [2.45, 2.75) is 65.2 Å². The molecule has 128 valence electrons. The molecule has 4 unspecified atom stereocenters. The van der Waals surface area contributed by atoms with Crippen LogP contribution in [0.1, 0.15) is 65.2 Å². The summed E-state index contributed by atoms with van der Waals surface area (Å²) in [5.74, 6) is -0.0546. The molecule has 2 saturated carbocycles. The lowest BCUT2D eigenvalue weighted by Crippen LogP contribution is -2.29. The molecule has 0 aromatic carbocycles. The molecule has 2 rings (SSSR count). The number of hydrogen-bond donors (Lipinski definition) is 1. The van der Waals surface area contributed by atoms with E-state index in [9.17, 15) is 14.7 Å². The third-order valence-corrected chi connectivity index (χ3v) is 6.21. The number of allylic oxidation sites excluding steroid dienone is 2. The number of rotatable bonds is 2. The highest BCUT2D eigenvalue weighted by Crippen LogP contribution is 2.54. The zero-order valence-electron chi connectivity index (χ0n) is 14.6. The second-order valence-corrected chi connectivity index (χ2v) is 7.96. The van der Waals surface area contributed by atoms with Crippen molar-refractivity contribution in [3.63, 3.8) is 0 Å². The summed E-state index contributed by atoms with van der Waals surface area (Å²) < 4.78 is 0. The Balaban J connectivity index is 2.29. The summed E-state index contributed by atoms with van der Waals surface area (Å²) in [4.78, 5) is 24.1. The molecule has 0 aromatic heterocycles. The summed E-state index contributed by atoms with van der Waals surface area (Å²) in [7, 11) is 0. The van der Waals surface area contributed by atoms with Gasteiger partial charge in [-0.2, -0.15) is 0 Å². The highest BCUT2D eigenvalue weighted by molar-refractivity contribution is 5.95. The van der Waals surface area contributed by atoms with Crippen LogP contribution in [0.15, 0.2) is 24.3 Å². The molecule has 0 amide bonds. The van der Waals surface area contributed by atoms with E-state index < -0.39 is 5.97 Å². The van der Waals surface area contributed by atoms with E-state index in [0.29, 0.717) is 43.1 Å². The number of carboxylic acid groups (broad SMARTS) is 1. The van der Waals surface area contributed by atoms with Gasteiger partial charge in [-0.25, -0.2) is 0 Å². The number of carboxylic acids is 1. The normalized spacial score (nSPS) is 36.2. The van der Waals surface area contributed by atoms with Crippen LogP contribution in [-0.4, -0.2) is 16.9 Å². The minimum Gasteiger partial charge on any atom is -0.481 e. The van der Waals surface area contributed by atoms with Gasteiger partial charge in [-0.1, -0.05) is 25.7 Å². The first-order chi connectivity index (χ1) is 10.7. The molecule has 0 saturated heterocycles. The Morgan fingerprint density at radius 3 is 2.57 bits per heavy atom. The first-order valence-electron chi connectivity index (χ1n) is 8.84. The van der Waals surface area contributed by atoms with E-state index in [4.69, 9.17) is 0 Å². The highest BCUT2D eigenvalue weighted by atomic mass is 16.4. The fraction of sp³-hybridized carbons (Fsp3) is 0.700. The van der Waals surface area contributed by atoms with Crippen LogP contribution in [0.5, 0.6) is 0 Å². The number of Topliss-reactive ketones (excluding diaryl/α,β-unsaturated/α-hetero) is 1. The summed E-state index contributed by atoms with van der Waals surface area (Å²) in [5.41, 5.74) is 1.80. The largest absolute Gasteiger partial charge is 0.481 e. The molecular weight excluding hydrogens is 288 g/mol.